The van der Waals surface area contributed by atoms with Crippen LogP contribution in [0.15, 0.2) is 174 Å². The molecule has 2 heteroatoms. The molecule has 0 aliphatic heterocycles. The van der Waals surface area contributed by atoms with Crippen LogP contribution in [0.4, 0.5) is 0 Å². The van der Waals surface area contributed by atoms with E-state index in [1.165, 1.54) is 22.3 Å². The summed E-state index contributed by atoms with van der Waals surface area (Å²) in [5.41, 5.74) is 14.8. The van der Waals surface area contributed by atoms with Gasteiger partial charge in [-0.25, -0.2) is 0 Å². The Balaban J connectivity index is 1.25. The summed E-state index contributed by atoms with van der Waals surface area (Å²) in [5, 5.41) is 0. The Bertz CT molecular complexity index is 1970. The van der Waals surface area contributed by atoms with Crippen molar-refractivity contribution in [1.29, 1.82) is 0 Å². The second-order valence-electron chi connectivity index (χ2n) is 11.6. The number of allylic oxidation sites excluding steroid dienone is 6. The number of hydrogen-bond donors (Lipinski definition) is 0. The van der Waals surface area contributed by atoms with Crippen LogP contribution in [-0.2, 0) is 13.0 Å². The summed E-state index contributed by atoms with van der Waals surface area (Å²) in [6, 6.07) is 46.4. The SMILES string of the molecule is C=N/C(=C\C(=NCc1ccccc1)c1ccc(-c2cccc(C(=C)/C=C\C3=C(C)c4ccccc4CC3)c2)cc1)c1ccccc1. The van der Waals surface area contributed by atoms with Gasteiger partial charge in [-0.05, 0) is 94.3 Å². The van der Waals surface area contributed by atoms with Crippen LogP contribution in [0.3, 0.4) is 0 Å². The van der Waals surface area contributed by atoms with Crippen molar-refractivity contribution in [2.24, 2.45) is 9.98 Å². The molecule has 0 unspecified atom stereocenters. The summed E-state index contributed by atoms with van der Waals surface area (Å²) in [6.07, 6.45) is 8.58. The third kappa shape index (κ3) is 7.20. The molecule has 0 saturated carbocycles. The van der Waals surface area contributed by atoms with E-state index in [1.807, 2.05) is 54.6 Å². The molecular weight excluding hydrogens is 556 g/mol. The molecule has 2 nitrogen and oxygen atoms in total. The Morgan fingerprint density at radius 1 is 0.696 bits per heavy atom. The van der Waals surface area contributed by atoms with Gasteiger partial charge >= 0.3 is 0 Å². The maximum Gasteiger partial charge on any atom is 0.0716 e. The molecule has 0 spiro atoms. The highest BCUT2D eigenvalue weighted by Crippen LogP contribution is 2.32. The van der Waals surface area contributed by atoms with Crippen LogP contribution in [0, 0.1) is 0 Å². The van der Waals surface area contributed by atoms with Gasteiger partial charge in [0.05, 0.1) is 18.0 Å². The van der Waals surface area contributed by atoms with E-state index in [0.29, 0.717) is 6.54 Å². The first-order chi connectivity index (χ1) is 22.6. The Morgan fingerprint density at radius 2 is 1.39 bits per heavy atom. The molecule has 0 N–H and O–H groups in total. The van der Waals surface area contributed by atoms with Crippen molar-refractivity contribution in [2.45, 2.75) is 26.3 Å². The van der Waals surface area contributed by atoms with Crippen molar-refractivity contribution in [3.63, 3.8) is 0 Å². The van der Waals surface area contributed by atoms with Crippen LogP contribution in [0.5, 0.6) is 0 Å². The molecule has 0 heterocycles. The summed E-state index contributed by atoms with van der Waals surface area (Å²) >= 11 is 0. The molecule has 46 heavy (non-hydrogen) atoms. The molecule has 0 atom stereocenters. The van der Waals surface area contributed by atoms with Crippen LogP contribution in [0.25, 0.3) is 28.0 Å². The monoisotopic (exact) mass is 594 g/mol. The molecule has 224 valence electrons. The number of aryl methyl sites for hydroxylation is 1. The summed E-state index contributed by atoms with van der Waals surface area (Å²) in [4.78, 5) is 9.37. The predicted molar refractivity (Wildman–Crippen MR) is 198 cm³/mol. The number of aliphatic imine (C=N–C) groups is 2. The highest BCUT2D eigenvalue weighted by molar-refractivity contribution is 6.12. The minimum absolute atomic E-state index is 0.578. The molecule has 1 aliphatic rings. The molecular formula is C44H38N2. The topological polar surface area (TPSA) is 24.7 Å². The molecule has 0 bridgehead atoms. The quantitative estimate of drug-likeness (QED) is 0.113. The molecule has 0 saturated heterocycles. The van der Waals surface area contributed by atoms with Crippen LogP contribution in [0.2, 0.25) is 0 Å². The Morgan fingerprint density at radius 3 is 2.15 bits per heavy atom. The second-order valence-corrected chi connectivity index (χ2v) is 11.6. The largest absolute Gasteiger partial charge is 0.280 e. The standard InChI is InChI=1S/C44H38N2/c1-32(21-22-35-23-26-37-15-10-11-20-42(37)33(35)2)40-18-12-19-41(29-40)36-24-27-39(28-25-36)44(46-31-34-13-6-4-7-14-34)30-43(45-3)38-16-8-5-9-17-38/h4-22,24-25,27-30H,1,3,23,26,31H2,2H3/b22-21-,43-30-,46-44?. The smallest absolute Gasteiger partial charge is 0.0716 e. The Kier molecular flexibility index (Phi) is 9.56. The molecule has 0 fully saturated rings. The van der Waals surface area contributed by atoms with E-state index in [0.717, 1.165) is 63.2 Å². The summed E-state index contributed by atoms with van der Waals surface area (Å²) in [6.45, 7) is 11.1. The van der Waals surface area contributed by atoms with E-state index in [-0.39, 0.29) is 0 Å². The third-order valence-corrected chi connectivity index (χ3v) is 8.59. The average molecular weight is 595 g/mol. The lowest BCUT2D eigenvalue weighted by molar-refractivity contribution is 0.939. The summed E-state index contributed by atoms with van der Waals surface area (Å²) in [7, 11) is 0. The normalized spacial score (nSPS) is 13.5. The van der Waals surface area contributed by atoms with Gasteiger partial charge in [-0.1, -0.05) is 146 Å². The van der Waals surface area contributed by atoms with Crippen molar-refractivity contribution >= 4 is 29.3 Å². The second kappa shape index (κ2) is 14.5. The Labute approximate surface area is 273 Å². The number of hydrogen-bond acceptors (Lipinski definition) is 2. The van der Waals surface area contributed by atoms with E-state index in [9.17, 15) is 0 Å². The maximum absolute atomic E-state index is 5.02. The van der Waals surface area contributed by atoms with Gasteiger partial charge in [0, 0.05) is 5.56 Å². The maximum atomic E-state index is 5.02. The van der Waals surface area contributed by atoms with Crippen LogP contribution in [0.1, 0.15) is 46.7 Å². The van der Waals surface area contributed by atoms with E-state index in [1.54, 1.807) is 0 Å². The van der Waals surface area contributed by atoms with Crippen molar-refractivity contribution < 1.29 is 0 Å². The molecule has 5 aromatic rings. The zero-order valence-electron chi connectivity index (χ0n) is 26.4. The molecule has 5 aromatic carbocycles. The van der Waals surface area contributed by atoms with Crippen molar-refractivity contribution in [3.05, 3.63) is 197 Å². The predicted octanol–water partition coefficient (Wildman–Crippen LogP) is 11.1. The zero-order valence-corrected chi connectivity index (χ0v) is 26.4. The van der Waals surface area contributed by atoms with Crippen molar-refractivity contribution in [3.8, 4) is 11.1 Å². The lowest BCUT2D eigenvalue weighted by Crippen LogP contribution is -2.01. The molecule has 0 amide bonds. The van der Waals surface area contributed by atoms with Crippen LogP contribution >= 0.6 is 0 Å². The highest BCUT2D eigenvalue weighted by Gasteiger charge is 2.13. The van der Waals surface area contributed by atoms with Gasteiger partial charge in [0.1, 0.15) is 0 Å². The fourth-order valence-electron chi connectivity index (χ4n) is 5.91. The number of fused-ring (bicyclic) bond motifs is 1. The first-order valence-electron chi connectivity index (χ1n) is 15.8. The minimum atomic E-state index is 0.578. The number of benzene rings is 5. The molecule has 0 aromatic heterocycles. The van der Waals surface area contributed by atoms with Crippen molar-refractivity contribution in [1.82, 2.24) is 0 Å². The van der Waals surface area contributed by atoms with Gasteiger partial charge in [0.25, 0.3) is 0 Å². The van der Waals surface area contributed by atoms with Gasteiger partial charge in [-0.3, -0.25) is 9.98 Å². The molecule has 0 radical (unpaired) electrons. The van der Waals surface area contributed by atoms with E-state index < -0.39 is 0 Å². The fourth-order valence-corrected chi connectivity index (χ4v) is 5.91. The third-order valence-electron chi connectivity index (χ3n) is 8.59. The zero-order chi connectivity index (χ0) is 31.7. The van der Waals surface area contributed by atoms with Gasteiger partial charge in [-0.15, -0.1) is 0 Å². The lowest BCUT2D eigenvalue weighted by Gasteiger charge is -2.19. The fraction of sp³-hybridized carbons (Fsp3) is 0.0909. The van der Waals surface area contributed by atoms with Gasteiger partial charge in [0.15, 0.2) is 0 Å². The van der Waals surface area contributed by atoms with Gasteiger partial charge in [-0.2, -0.15) is 0 Å². The van der Waals surface area contributed by atoms with Crippen LogP contribution in [-0.4, -0.2) is 12.4 Å². The van der Waals surface area contributed by atoms with Gasteiger partial charge in [0.2, 0.25) is 0 Å². The first-order valence-corrected chi connectivity index (χ1v) is 15.8. The van der Waals surface area contributed by atoms with E-state index in [4.69, 9.17) is 4.99 Å². The first kappa shape index (κ1) is 30.4. The lowest BCUT2D eigenvalue weighted by atomic mass is 9.86. The molecule has 1 aliphatic carbocycles. The minimum Gasteiger partial charge on any atom is -0.280 e. The number of rotatable bonds is 10. The van der Waals surface area contributed by atoms with Gasteiger partial charge < -0.3 is 0 Å². The van der Waals surface area contributed by atoms with E-state index in [2.05, 4.69) is 122 Å². The Hall–Kier alpha value is -5.60. The average Bonchev–Trinajstić information content (AvgIpc) is 3.12. The summed E-state index contributed by atoms with van der Waals surface area (Å²) in [5.74, 6) is 0. The summed E-state index contributed by atoms with van der Waals surface area (Å²) < 4.78 is 0. The van der Waals surface area contributed by atoms with Crippen molar-refractivity contribution in [2.75, 3.05) is 0 Å². The number of nitrogens with zero attached hydrogens (tertiary/aromatic N) is 2. The molecule has 6 rings (SSSR count). The van der Waals surface area contributed by atoms with Crippen LogP contribution < -0.4 is 0 Å². The highest BCUT2D eigenvalue weighted by atomic mass is 14.8. The van der Waals surface area contributed by atoms with E-state index >= 15 is 0 Å².